The van der Waals surface area contributed by atoms with Crippen molar-refractivity contribution in [2.24, 2.45) is 0 Å². The molecule has 1 atom stereocenters. The Labute approximate surface area is 209 Å². The molecule has 0 saturated carbocycles. The highest BCUT2D eigenvalue weighted by molar-refractivity contribution is 7.86. The average Bonchev–Trinajstić information content (AvgIpc) is 2.78. The fraction of sp³-hybridized carbons (Fsp3) is 0.923. The first kappa shape index (κ1) is 32.8. The first-order valence-electron chi connectivity index (χ1n) is 13.8. The number of hydrogen-bond acceptors (Lipinski definition) is 4. The van der Waals surface area contributed by atoms with Crippen LogP contribution in [0, 0.1) is 0 Å². The predicted molar refractivity (Wildman–Crippen MR) is 140 cm³/mol. The molecular formula is C26H52N2O5S. The molecule has 0 saturated heterocycles. The van der Waals surface area contributed by atoms with Gasteiger partial charge in [-0.3, -0.25) is 14.1 Å². The van der Waals surface area contributed by atoms with Crippen molar-refractivity contribution in [3.8, 4) is 0 Å². The predicted octanol–water partition coefficient (Wildman–Crippen LogP) is 5.93. The van der Waals surface area contributed by atoms with Crippen molar-refractivity contribution in [1.29, 1.82) is 0 Å². The molecule has 7 nitrogen and oxygen atoms in total. The molecule has 202 valence electrons. The van der Waals surface area contributed by atoms with E-state index in [0.29, 0.717) is 25.7 Å². The summed E-state index contributed by atoms with van der Waals surface area (Å²) < 4.78 is 33.0. The van der Waals surface area contributed by atoms with E-state index in [1.54, 1.807) is 0 Å². The molecule has 2 amide bonds. The van der Waals surface area contributed by atoms with Crippen molar-refractivity contribution in [3.63, 3.8) is 0 Å². The zero-order valence-electron chi connectivity index (χ0n) is 21.9. The summed E-state index contributed by atoms with van der Waals surface area (Å²) >= 11 is 0. The van der Waals surface area contributed by atoms with E-state index in [2.05, 4.69) is 24.5 Å². The molecule has 0 radical (unpaired) electrons. The monoisotopic (exact) mass is 504 g/mol. The van der Waals surface area contributed by atoms with Gasteiger partial charge in [0, 0.05) is 25.9 Å². The largest absolute Gasteiger partial charge is 0.356 e. The zero-order chi connectivity index (χ0) is 25.5. The van der Waals surface area contributed by atoms with Gasteiger partial charge in [-0.1, -0.05) is 84.5 Å². The lowest BCUT2D eigenvalue weighted by Gasteiger charge is -2.13. The molecule has 0 rings (SSSR count). The van der Waals surface area contributed by atoms with Crippen molar-refractivity contribution in [1.82, 2.24) is 10.6 Å². The molecule has 0 fully saturated rings. The second-order valence-corrected chi connectivity index (χ2v) is 11.2. The van der Waals surface area contributed by atoms with E-state index in [-0.39, 0.29) is 11.8 Å². The van der Waals surface area contributed by atoms with Gasteiger partial charge in [0.15, 0.2) is 0 Å². The Morgan fingerprint density at radius 3 is 1.32 bits per heavy atom. The number of carbonyl (C=O) groups is 2. The van der Waals surface area contributed by atoms with Crippen molar-refractivity contribution < 1.29 is 22.6 Å². The van der Waals surface area contributed by atoms with Crippen LogP contribution in [0.1, 0.15) is 136 Å². The minimum Gasteiger partial charge on any atom is -0.356 e. The third kappa shape index (κ3) is 21.4. The van der Waals surface area contributed by atoms with Crippen LogP contribution in [0.3, 0.4) is 0 Å². The molecule has 3 N–H and O–H groups in total. The van der Waals surface area contributed by atoms with Gasteiger partial charge in [0.05, 0.1) is 5.25 Å². The maximum absolute atomic E-state index is 11.7. The minimum absolute atomic E-state index is 0.118. The van der Waals surface area contributed by atoms with Crippen LogP contribution in [0.15, 0.2) is 0 Å². The summed E-state index contributed by atoms with van der Waals surface area (Å²) in [5.74, 6) is 0.255. The average molecular weight is 505 g/mol. The molecule has 0 aliphatic heterocycles. The Hall–Kier alpha value is -1.15. The number of carbonyl (C=O) groups excluding carboxylic acids is 2. The van der Waals surface area contributed by atoms with Gasteiger partial charge >= 0.3 is 0 Å². The molecule has 0 aliphatic carbocycles. The van der Waals surface area contributed by atoms with Gasteiger partial charge in [-0.25, -0.2) is 0 Å². The molecule has 0 spiro atoms. The van der Waals surface area contributed by atoms with Crippen LogP contribution in [0.5, 0.6) is 0 Å². The third-order valence-electron chi connectivity index (χ3n) is 6.24. The molecule has 0 bridgehead atoms. The van der Waals surface area contributed by atoms with Crippen LogP contribution in [-0.2, 0) is 19.7 Å². The van der Waals surface area contributed by atoms with E-state index in [1.165, 1.54) is 0 Å². The van der Waals surface area contributed by atoms with E-state index in [0.717, 1.165) is 109 Å². The molecule has 0 heterocycles. The normalized spacial score (nSPS) is 12.4. The lowest BCUT2D eigenvalue weighted by atomic mass is 10.0. The fourth-order valence-electron chi connectivity index (χ4n) is 3.98. The van der Waals surface area contributed by atoms with E-state index in [4.69, 9.17) is 0 Å². The van der Waals surface area contributed by atoms with Gasteiger partial charge in [0.1, 0.15) is 0 Å². The topological polar surface area (TPSA) is 113 Å². The minimum atomic E-state index is -4.00. The Morgan fingerprint density at radius 2 is 0.971 bits per heavy atom. The molecule has 1 unspecified atom stereocenters. The molecule has 0 aromatic carbocycles. The van der Waals surface area contributed by atoms with E-state index >= 15 is 0 Å². The lowest BCUT2D eigenvalue weighted by Crippen LogP contribution is -2.23. The summed E-state index contributed by atoms with van der Waals surface area (Å²) in [6.07, 6.45) is 16.6. The van der Waals surface area contributed by atoms with Gasteiger partial charge in [-0.05, 0) is 38.5 Å². The van der Waals surface area contributed by atoms with Gasteiger partial charge < -0.3 is 10.6 Å². The molecule has 34 heavy (non-hydrogen) atoms. The van der Waals surface area contributed by atoms with Crippen molar-refractivity contribution in [2.75, 3.05) is 13.1 Å². The summed E-state index contributed by atoms with van der Waals surface area (Å²) in [5.41, 5.74) is 0. The summed E-state index contributed by atoms with van der Waals surface area (Å²) in [7, 11) is -4.00. The second-order valence-electron chi connectivity index (χ2n) is 9.51. The highest BCUT2D eigenvalue weighted by Gasteiger charge is 2.21. The Kier molecular flexibility index (Phi) is 21.6. The zero-order valence-corrected chi connectivity index (χ0v) is 22.7. The standard InChI is InChI=1S/C26H52N2O5S/c1-3-5-22-27-25(29)20-16-12-8-7-10-14-18-24(34(31,32)33)19-15-11-9-13-17-21-26(30)28-23-6-4-2/h24H,3-23H2,1-2H3,(H,27,29)(H,28,30)(H,31,32,33). The maximum Gasteiger partial charge on any atom is 0.267 e. The Bertz CT molecular complexity index is 610. The van der Waals surface area contributed by atoms with Gasteiger partial charge in [0.25, 0.3) is 10.1 Å². The van der Waals surface area contributed by atoms with Crippen LogP contribution in [0.4, 0.5) is 0 Å². The summed E-state index contributed by atoms with van der Waals surface area (Å²) in [6, 6.07) is 0. The quantitative estimate of drug-likeness (QED) is 0.111. The maximum atomic E-state index is 11.7. The van der Waals surface area contributed by atoms with Crippen molar-refractivity contribution in [2.45, 2.75) is 141 Å². The van der Waals surface area contributed by atoms with Gasteiger partial charge in [0.2, 0.25) is 11.8 Å². The number of rotatable bonds is 24. The fourth-order valence-corrected chi connectivity index (χ4v) is 4.91. The molecule has 0 aliphatic rings. The van der Waals surface area contributed by atoms with E-state index in [9.17, 15) is 22.6 Å². The van der Waals surface area contributed by atoms with Crippen LogP contribution in [0.2, 0.25) is 0 Å². The highest BCUT2D eigenvalue weighted by Crippen LogP contribution is 2.19. The SMILES string of the molecule is CCCCNC(=O)CCCCCCCCC(CCCCCCCC(=O)NCCCC)S(=O)(=O)O. The molecule has 8 heteroatoms. The second kappa shape index (κ2) is 22.3. The summed E-state index contributed by atoms with van der Waals surface area (Å²) in [6.45, 7) is 5.72. The lowest BCUT2D eigenvalue weighted by molar-refractivity contribution is -0.122. The Balaban J connectivity index is 3.76. The first-order valence-corrected chi connectivity index (χ1v) is 15.3. The van der Waals surface area contributed by atoms with Crippen LogP contribution in [-0.4, -0.2) is 43.1 Å². The Morgan fingerprint density at radius 1 is 0.618 bits per heavy atom. The van der Waals surface area contributed by atoms with E-state index < -0.39 is 15.4 Å². The van der Waals surface area contributed by atoms with Crippen molar-refractivity contribution >= 4 is 21.9 Å². The summed E-state index contributed by atoms with van der Waals surface area (Å²) in [5, 5.41) is 5.19. The first-order chi connectivity index (χ1) is 16.3. The number of amides is 2. The number of nitrogens with one attached hydrogen (secondary N) is 2. The molecular weight excluding hydrogens is 452 g/mol. The van der Waals surface area contributed by atoms with Crippen LogP contribution < -0.4 is 10.6 Å². The van der Waals surface area contributed by atoms with Crippen molar-refractivity contribution in [3.05, 3.63) is 0 Å². The van der Waals surface area contributed by atoms with Crippen LogP contribution in [0.25, 0.3) is 0 Å². The number of hydrogen-bond donors (Lipinski definition) is 3. The summed E-state index contributed by atoms with van der Waals surface area (Å²) in [4.78, 5) is 23.3. The van der Waals surface area contributed by atoms with Gasteiger partial charge in [-0.15, -0.1) is 0 Å². The van der Waals surface area contributed by atoms with E-state index in [1.807, 2.05) is 0 Å². The molecule has 0 aromatic heterocycles. The highest BCUT2D eigenvalue weighted by atomic mass is 32.2. The van der Waals surface area contributed by atoms with Crippen LogP contribution >= 0.6 is 0 Å². The smallest absolute Gasteiger partial charge is 0.267 e. The molecule has 0 aromatic rings. The van der Waals surface area contributed by atoms with Gasteiger partial charge in [-0.2, -0.15) is 8.42 Å². The number of unbranched alkanes of at least 4 members (excludes halogenated alkanes) is 11. The third-order valence-corrected chi connectivity index (χ3v) is 7.55.